The van der Waals surface area contributed by atoms with E-state index in [1.807, 2.05) is 60.7 Å². The summed E-state index contributed by atoms with van der Waals surface area (Å²) in [4.78, 5) is 20.4. The van der Waals surface area contributed by atoms with E-state index in [9.17, 15) is 4.79 Å². The van der Waals surface area contributed by atoms with Crippen molar-refractivity contribution in [2.24, 2.45) is 0 Å². The largest absolute Gasteiger partial charge is 0.495 e. The Morgan fingerprint density at radius 2 is 1.77 bits per heavy atom. The number of hydrogen-bond donors (Lipinski definition) is 2. The number of anilines is 1. The number of methoxy groups -OCH3 is 1. The molecule has 0 aliphatic heterocycles. The molecule has 1 heterocycles. The van der Waals surface area contributed by atoms with Crippen molar-refractivity contribution in [2.45, 2.75) is 0 Å². The molecule has 3 aromatic carbocycles. The number of rotatable bonds is 4. The molecule has 0 fully saturated rings. The first-order valence-corrected chi connectivity index (χ1v) is 8.24. The predicted molar refractivity (Wildman–Crippen MR) is 102 cm³/mol. The maximum atomic E-state index is 12.5. The molecule has 0 spiro atoms. The Kier molecular flexibility index (Phi) is 4.11. The number of imidazole rings is 1. The van der Waals surface area contributed by atoms with Crippen molar-refractivity contribution in [1.29, 1.82) is 0 Å². The minimum Gasteiger partial charge on any atom is -0.495 e. The van der Waals surface area contributed by atoms with E-state index >= 15 is 0 Å². The van der Waals surface area contributed by atoms with Crippen molar-refractivity contribution < 1.29 is 9.53 Å². The molecule has 0 atom stereocenters. The maximum absolute atomic E-state index is 12.5. The number of nitrogens with one attached hydrogen (secondary N) is 2. The van der Waals surface area contributed by atoms with Crippen LogP contribution in [-0.4, -0.2) is 23.0 Å². The minimum atomic E-state index is -0.189. The van der Waals surface area contributed by atoms with E-state index < -0.39 is 0 Å². The SMILES string of the molecule is COc1ccc(-c2nc3ccccc3[nH]2)cc1NC(=O)c1ccccc1. The number of benzene rings is 3. The predicted octanol–water partition coefficient (Wildman–Crippen LogP) is 4.49. The molecule has 0 radical (unpaired) electrons. The smallest absolute Gasteiger partial charge is 0.255 e. The molecule has 1 amide bonds. The van der Waals surface area contributed by atoms with Gasteiger partial charge in [-0.3, -0.25) is 4.79 Å². The van der Waals surface area contributed by atoms with Gasteiger partial charge < -0.3 is 15.0 Å². The number of ether oxygens (including phenoxy) is 1. The highest BCUT2D eigenvalue weighted by Crippen LogP contribution is 2.30. The van der Waals surface area contributed by atoms with Crippen LogP contribution in [0.4, 0.5) is 5.69 Å². The van der Waals surface area contributed by atoms with Crippen LogP contribution < -0.4 is 10.1 Å². The van der Waals surface area contributed by atoms with Crippen LogP contribution in [0.15, 0.2) is 72.8 Å². The Balaban J connectivity index is 1.70. The molecule has 0 saturated carbocycles. The summed E-state index contributed by atoms with van der Waals surface area (Å²) in [5.41, 5.74) is 3.91. The fourth-order valence-corrected chi connectivity index (χ4v) is 2.83. The Morgan fingerprint density at radius 3 is 2.54 bits per heavy atom. The van der Waals surface area contributed by atoms with Gasteiger partial charge in [-0.1, -0.05) is 30.3 Å². The monoisotopic (exact) mass is 343 g/mol. The fraction of sp³-hybridized carbons (Fsp3) is 0.0476. The second-order valence-electron chi connectivity index (χ2n) is 5.84. The number of carbonyl (C=O) groups excluding carboxylic acids is 1. The molecule has 5 heteroatoms. The quantitative estimate of drug-likeness (QED) is 0.574. The van der Waals surface area contributed by atoms with Gasteiger partial charge in [-0.15, -0.1) is 0 Å². The Labute approximate surface area is 150 Å². The van der Waals surface area contributed by atoms with Gasteiger partial charge in [-0.05, 0) is 42.5 Å². The van der Waals surface area contributed by atoms with Gasteiger partial charge in [-0.25, -0.2) is 4.98 Å². The summed E-state index contributed by atoms with van der Waals surface area (Å²) in [6.45, 7) is 0. The molecular weight excluding hydrogens is 326 g/mol. The number of para-hydroxylation sites is 2. The summed E-state index contributed by atoms with van der Waals surface area (Å²) in [6, 6.07) is 22.5. The lowest BCUT2D eigenvalue weighted by Gasteiger charge is -2.11. The lowest BCUT2D eigenvalue weighted by atomic mass is 10.1. The van der Waals surface area contributed by atoms with E-state index in [0.717, 1.165) is 22.4 Å². The van der Waals surface area contributed by atoms with Crippen LogP contribution >= 0.6 is 0 Å². The maximum Gasteiger partial charge on any atom is 0.255 e. The molecule has 128 valence electrons. The van der Waals surface area contributed by atoms with Crippen molar-refractivity contribution in [2.75, 3.05) is 12.4 Å². The lowest BCUT2D eigenvalue weighted by Crippen LogP contribution is -2.12. The first-order chi connectivity index (χ1) is 12.7. The minimum absolute atomic E-state index is 0.189. The van der Waals surface area contributed by atoms with Crippen LogP contribution in [0.3, 0.4) is 0 Å². The van der Waals surface area contributed by atoms with Gasteiger partial charge in [0.05, 0.1) is 23.8 Å². The molecule has 26 heavy (non-hydrogen) atoms. The highest BCUT2D eigenvalue weighted by Gasteiger charge is 2.12. The van der Waals surface area contributed by atoms with Crippen molar-refractivity contribution >= 4 is 22.6 Å². The van der Waals surface area contributed by atoms with Crippen molar-refractivity contribution in [3.8, 4) is 17.1 Å². The van der Waals surface area contributed by atoms with Gasteiger partial charge in [0.15, 0.2) is 0 Å². The molecule has 2 N–H and O–H groups in total. The Bertz CT molecular complexity index is 1040. The van der Waals surface area contributed by atoms with Gasteiger partial charge in [0.2, 0.25) is 0 Å². The van der Waals surface area contributed by atoms with Gasteiger partial charge in [0.1, 0.15) is 11.6 Å². The van der Waals surface area contributed by atoms with Crippen LogP contribution in [0.5, 0.6) is 5.75 Å². The van der Waals surface area contributed by atoms with Crippen LogP contribution in [0.2, 0.25) is 0 Å². The summed E-state index contributed by atoms with van der Waals surface area (Å²) in [6.07, 6.45) is 0. The summed E-state index contributed by atoms with van der Waals surface area (Å²) < 4.78 is 5.39. The van der Waals surface area contributed by atoms with Crippen LogP contribution in [0.1, 0.15) is 10.4 Å². The average Bonchev–Trinajstić information content (AvgIpc) is 3.13. The van der Waals surface area contributed by atoms with Gasteiger partial charge >= 0.3 is 0 Å². The number of H-pyrrole nitrogens is 1. The molecule has 0 saturated heterocycles. The zero-order valence-corrected chi connectivity index (χ0v) is 14.2. The molecule has 0 unspecified atom stereocenters. The Morgan fingerprint density at radius 1 is 1.00 bits per heavy atom. The first-order valence-electron chi connectivity index (χ1n) is 8.24. The highest BCUT2D eigenvalue weighted by molar-refractivity contribution is 6.05. The third kappa shape index (κ3) is 3.02. The van der Waals surface area contributed by atoms with E-state index in [0.29, 0.717) is 17.0 Å². The van der Waals surface area contributed by atoms with E-state index in [-0.39, 0.29) is 5.91 Å². The molecule has 4 rings (SSSR count). The van der Waals surface area contributed by atoms with E-state index in [2.05, 4.69) is 15.3 Å². The fourth-order valence-electron chi connectivity index (χ4n) is 2.83. The molecule has 4 aromatic rings. The molecule has 1 aromatic heterocycles. The normalized spacial score (nSPS) is 10.7. The highest BCUT2D eigenvalue weighted by atomic mass is 16.5. The molecule has 0 aliphatic rings. The zero-order valence-electron chi connectivity index (χ0n) is 14.2. The van der Waals surface area contributed by atoms with Gasteiger partial charge in [0, 0.05) is 11.1 Å². The molecule has 0 bridgehead atoms. The standard InChI is InChI=1S/C21H17N3O2/c1-26-19-12-11-15(20-22-16-9-5-6-10-17(16)23-20)13-18(19)24-21(25)14-7-3-2-4-8-14/h2-13H,1H3,(H,22,23)(H,24,25). The summed E-state index contributed by atoms with van der Waals surface area (Å²) >= 11 is 0. The van der Waals surface area contributed by atoms with Crippen LogP contribution in [0.25, 0.3) is 22.4 Å². The molecule has 5 nitrogen and oxygen atoms in total. The van der Waals surface area contributed by atoms with Crippen LogP contribution in [0, 0.1) is 0 Å². The van der Waals surface area contributed by atoms with E-state index in [1.165, 1.54) is 0 Å². The number of aromatic nitrogens is 2. The van der Waals surface area contributed by atoms with E-state index in [4.69, 9.17) is 4.74 Å². The number of nitrogens with zero attached hydrogens (tertiary/aromatic N) is 1. The average molecular weight is 343 g/mol. The summed E-state index contributed by atoms with van der Waals surface area (Å²) in [5.74, 6) is 1.14. The Hall–Kier alpha value is -3.60. The van der Waals surface area contributed by atoms with E-state index in [1.54, 1.807) is 19.2 Å². The van der Waals surface area contributed by atoms with Crippen molar-refractivity contribution in [3.63, 3.8) is 0 Å². The second kappa shape index (κ2) is 6.72. The number of amides is 1. The third-order valence-electron chi connectivity index (χ3n) is 4.15. The number of aromatic amines is 1. The first kappa shape index (κ1) is 15.9. The molecular formula is C21H17N3O2. The summed E-state index contributed by atoms with van der Waals surface area (Å²) in [7, 11) is 1.58. The zero-order chi connectivity index (χ0) is 17.9. The summed E-state index contributed by atoms with van der Waals surface area (Å²) in [5, 5.41) is 2.92. The molecule has 0 aliphatic carbocycles. The number of carbonyl (C=O) groups is 1. The topological polar surface area (TPSA) is 67.0 Å². The number of fused-ring (bicyclic) bond motifs is 1. The second-order valence-corrected chi connectivity index (χ2v) is 5.84. The van der Waals surface area contributed by atoms with Crippen molar-refractivity contribution in [3.05, 3.63) is 78.4 Å². The van der Waals surface area contributed by atoms with Gasteiger partial charge in [0.25, 0.3) is 5.91 Å². The van der Waals surface area contributed by atoms with Crippen LogP contribution in [-0.2, 0) is 0 Å². The number of hydrogen-bond acceptors (Lipinski definition) is 3. The van der Waals surface area contributed by atoms with Crippen molar-refractivity contribution in [1.82, 2.24) is 9.97 Å². The lowest BCUT2D eigenvalue weighted by molar-refractivity contribution is 0.102. The van der Waals surface area contributed by atoms with Gasteiger partial charge in [-0.2, -0.15) is 0 Å². The third-order valence-corrected chi connectivity index (χ3v) is 4.15.